The van der Waals surface area contributed by atoms with Crippen LogP contribution in [0.3, 0.4) is 0 Å². The van der Waals surface area contributed by atoms with Crippen molar-refractivity contribution in [3.8, 4) is 0 Å². The SMILES string of the molecule is OCC1(Cc2ccccc2Br)CC2CCC1C2. The van der Waals surface area contributed by atoms with Gasteiger partial charge in [-0.3, -0.25) is 0 Å². The van der Waals surface area contributed by atoms with Crippen LogP contribution in [0.25, 0.3) is 0 Å². The Bertz CT molecular complexity index is 417. The topological polar surface area (TPSA) is 20.2 Å². The highest BCUT2D eigenvalue weighted by Crippen LogP contribution is 2.57. The summed E-state index contributed by atoms with van der Waals surface area (Å²) >= 11 is 3.63. The second-order valence-electron chi connectivity index (χ2n) is 5.87. The molecule has 2 aliphatic rings. The molecular weight excluding hydrogens is 276 g/mol. The van der Waals surface area contributed by atoms with E-state index in [1.807, 2.05) is 0 Å². The van der Waals surface area contributed by atoms with Gasteiger partial charge in [-0.25, -0.2) is 0 Å². The van der Waals surface area contributed by atoms with Crippen LogP contribution in [0, 0.1) is 17.3 Å². The molecule has 0 radical (unpaired) electrons. The molecule has 3 unspecified atom stereocenters. The molecule has 2 fully saturated rings. The molecule has 2 bridgehead atoms. The predicted molar refractivity (Wildman–Crippen MR) is 72.8 cm³/mol. The fourth-order valence-corrected chi connectivity index (χ4v) is 4.47. The van der Waals surface area contributed by atoms with Gasteiger partial charge in [-0.1, -0.05) is 40.5 Å². The lowest BCUT2D eigenvalue weighted by atomic mass is 9.70. The van der Waals surface area contributed by atoms with E-state index in [1.54, 1.807) is 0 Å². The summed E-state index contributed by atoms with van der Waals surface area (Å²) in [5.74, 6) is 1.64. The Morgan fingerprint density at radius 2 is 2.12 bits per heavy atom. The molecule has 2 heteroatoms. The lowest BCUT2D eigenvalue weighted by Gasteiger charge is -2.36. The van der Waals surface area contributed by atoms with E-state index in [0.717, 1.165) is 18.3 Å². The van der Waals surface area contributed by atoms with Crippen molar-refractivity contribution in [2.45, 2.75) is 32.1 Å². The molecule has 0 aromatic heterocycles. The Balaban J connectivity index is 1.86. The highest BCUT2D eigenvalue weighted by atomic mass is 79.9. The van der Waals surface area contributed by atoms with Crippen LogP contribution in [0.15, 0.2) is 28.7 Å². The zero-order valence-electron chi connectivity index (χ0n) is 10.0. The molecule has 0 saturated heterocycles. The van der Waals surface area contributed by atoms with E-state index in [-0.39, 0.29) is 5.41 Å². The van der Waals surface area contributed by atoms with Crippen molar-refractivity contribution in [2.75, 3.05) is 6.61 Å². The second kappa shape index (κ2) is 4.40. The van der Waals surface area contributed by atoms with Gasteiger partial charge in [-0.05, 0) is 49.1 Å². The largest absolute Gasteiger partial charge is 0.396 e. The van der Waals surface area contributed by atoms with Crippen molar-refractivity contribution < 1.29 is 5.11 Å². The van der Waals surface area contributed by atoms with Crippen LogP contribution < -0.4 is 0 Å². The van der Waals surface area contributed by atoms with Crippen LogP contribution in [-0.4, -0.2) is 11.7 Å². The molecule has 0 spiro atoms. The summed E-state index contributed by atoms with van der Waals surface area (Å²) in [6, 6.07) is 8.44. The highest BCUT2D eigenvalue weighted by molar-refractivity contribution is 9.10. The minimum Gasteiger partial charge on any atom is -0.396 e. The summed E-state index contributed by atoms with van der Waals surface area (Å²) in [6.07, 6.45) is 6.34. The lowest BCUT2D eigenvalue weighted by molar-refractivity contribution is 0.0650. The zero-order chi connectivity index (χ0) is 11.9. The highest BCUT2D eigenvalue weighted by Gasteiger charge is 2.50. The number of rotatable bonds is 3. The smallest absolute Gasteiger partial charge is 0.0493 e. The minimum atomic E-state index is 0.173. The third-order valence-electron chi connectivity index (χ3n) is 4.92. The third-order valence-corrected chi connectivity index (χ3v) is 5.69. The maximum atomic E-state index is 9.88. The summed E-state index contributed by atoms with van der Waals surface area (Å²) < 4.78 is 1.19. The average Bonchev–Trinajstić information content (AvgIpc) is 2.93. The van der Waals surface area contributed by atoms with Crippen LogP contribution in [0.4, 0.5) is 0 Å². The van der Waals surface area contributed by atoms with Crippen LogP contribution >= 0.6 is 15.9 Å². The van der Waals surface area contributed by atoms with Gasteiger partial charge in [0.1, 0.15) is 0 Å². The Kier molecular flexibility index (Phi) is 3.04. The fourth-order valence-electron chi connectivity index (χ4n) is 4.05. The number of hydrogen-bond donors (Lipinski definition) is 1. The molecule has 3 atom stereocenters. The molecule has 1 aromatic carbocycles. The number of aliphatic hydroxyl groups is 1. The first-order valence-electron chi connectivity index (χ1n) is 6.58. The van der Waals surface area contributed by atoms with Gasteiger partial charge in [0.2, 0.25) is 0 Å². The second-order valence-corrected chi connectivity index (χ2v) is 6.72. The first-order chi connectivity index (χ1) is 8.23. The molecule has 0 aliphatic heterocycles. The number of hydrogen-bond acceptors (Lipinski definition) is 1. The van der Waals surface area contributed by atoms with Crippen LogP contribution in [0.2, 0.25) is 0 Å². The van der Waals surface area contributed by atoms with E-state index in [9.17, 15) is 5.11 Å². The van der Waals surface area contributed by atoms with Crippen molar-refractivity contribution in [1.29, 1.82) is 0 Å². The molecule has 17 heavy (non-hydrogen) atoms. The fraction of sp³-hybridized carbons (Fsp3) is 0.600. The molecule has 3 rings (SSSR count). The van der Waals surface area contributed by atoms with Gasteiger partial charge in [0.05, 0.1) is 0 Å². The maximum Gasteiger partial charge on any atom is 0.0493 e. The van der Waals surface area contributed by atoms with Gasteiger partial charge < -0.3 is 5.11 Å². The first-order valence-corrected chi connectivity index (χ1v) is 7.37. The maximum absolute atomic E-state index is 9.88. The van der Waals surface area contributed by atoms with Crippen LogP contribution in [-0.2, 0) is 6.42 Å². The monoisotopic (exact) mass is 294 g/mol. The molecule has 0 amide bonds. The summed E-state index contributed by atoms with van der Waals surface area (Å²) in [5, 5.41) is 9.88. The van der Waals surface area contributed by atoms with Gasteiger partial charge in [0.25, 0.3) is 0 Å². The Morgan fingerprint density at radius 3 is 2.71 bits per heavy atom. The van der Waals surface area contributed by atoms with Crippen molar-refractivity contribution in [1.82, 2.24) is 0 Å². The summed E-state index contributed by atoms with van der Waals surface area (Å²) in [4.78, 5) is 0. The Hall–Kier alpha value is -0.340. The number of fused-ring (bicyclic) bond motifs is 2. The van der Waals surface area contributed by atoms with Gasteiger partial charge in [0, 0.05) is 16.5 Å². The lowest BCUT2D eigenvalue weighted by Crippen LogP contribution is -2.34. The molecule has 1 nitrogen and oxygen atoms in total. The number of aliphatic hydroxyl groups excluding tert-OH is 1. The average molecular weight is 295 g/mol. The van der Waals surface area contributed by atoms with Crippen molar-refractivity contribution in [3.05, 3.63) is 34.3 Å². The third kappa shape index (κ3) is 1.96. The van der Waals surface area contributed by atoms with E-state index < -0.39 is 0 Å². The Morgan fingerprint density at radius 1 is 1.29 bits per heavy atom. The molecule has 1 N–H and O–H groups in total. The van der Waals surface area contributed by atoms with Crippen molar-refractivity contribution in [3.63, 3.8) is 0 Å². The van der Waals surface area contributed by atoms with Gasteiger partial charge in [0.15, 0.2) is 0 Å². The van der Waals surface area contributed by atoms with E-state index in [0.29, 0.717) is 6.61 Å². The predicted octanol–water partition coefficient (Wildman–Crippen LogP) is 3.79. The normalized spacial score (nSPS) is 35.4. The molecule has 0 heterocycles. The quantitative estimate of drug-likeness (QED) is 0.899. The summed E-state index contributed by atoms with van der Waals surface area (Å²) in [5.41, 5.74) is 1.53. The van der Waals surface area contributed by atoms with Gasteiger partial charge in [-0.2, -0.15) is 0 Å². The minimum absolute atomic E-state index is 0.173. The van der Waals surface area contributed by atoms with E-state index in [4.69, 9.17) is 0 Å². The molecule has 1 aromatic rings. The Labute approximate surface area is 111 Å². The van der Waals surface area contributed by atoms with Crippen LogP contribution in [0.1, 0.15) is 31.2 Å². The molecule has 2 aliphatic carbocycles. The standard InChI is InChI=1S/C15H19BrO/c16-14-4-2-1-3-12(14)9-15(10-17)8-11-5-6-13(15)7-11/h1-4,11,13,17H,5-10H2. The van der Waals surface area contributed by atoms with E-state index >= 15 is 0 Å². The summed E-state index contributed by atoms with van der Waals surface area (Å²) in [7, 11) is 0. The van der Waals surface area contributed by atoms with E-state index in [2.05, 4.69) is 40.2 Å². The number of benzene rings is 1. The molecule has 2 saturated carbocycles. The zero-order valence-corrected chi connectivity index (χ0v) is 11.6. The van der Waals surface area contributed by atoms with Crippen molar-refractivity contribution in [2.24, 2.45) is 17.3 Å². The van der Waals surface area contributed by atoms with Gasteiger partial charge >= 0.3 is 0 Å². The van der Waals surface area contributed by atoms with Gasteiger partial charge in [-0.15, -0.1) is 0 Å². The first kappa shape index (κ1) is 11.7. The van der Waals surface area contributed by atoms with Crippen molar-refractivity contribution >= 4 is 15.9 Å². The molecular formula is C15H19BrO. The summed E-state index contributed by atoms with van der Waals surface area (Å²) in [6.45, 7) is 0.357. The molecule has 92 valence electrons. The van der Waals surface area contributed by atoms with E-state index in [1.165, 1.54) is 35.7 Å². The number of halogens is 1. The van der Waals surface area contributed by atoms with Crippen LogP contribution in [0.5, 0.6) is 0 Å².